The van der Waals surface area contributed by atoms with Crippen LogP contribution in [0.25, 0.3) is 21.9 Å². The summed E-state index contributed by atoms with van der Waals surface area (Å²) in [5.74, 6) is 0. The highest BCUT2D eigenvalue weighted by atomic mass is 28.3. The molecule has 1 N–H and O–H groups in total. The lowest BCUT2D eigenvalue weighted by atomic mass is 9.83. The molecular weight excluding hydrogens is 462 g/mol. The van der Waals surface area contributed by atoms with Crippen molar-refractivity contribution < 1.29 is 0 Å². The molecule has 2 heteroatoms. The van der Waals surface area contributed by atoms with Gasteiger partial charge in [0, 0.05) is 11.6 Å². The summed E-state index contributed by atoms with van der Waals surface area (Å²) < 4.78 is 0. The van der Waals surface area contributed by atoms with Crippen LogP contribution < -0.4 is 4.98 Å². The van der Waals surface area contributed by atoms with Gasteiger partial charge in [-0.15, -0.1) is 0 Å². The molecule has 1 aliphatic rings. The fourth-order valence-corrected chi connectivity index (χ4v) is 9.80. The lowest BCUT2D eigenvalue weighted by molar-refractivity contribution is 0.589. The quantitative estimate of drug-likeness (QED) is 0.272. The number of hydrogen-bond donors (Lipinski definition) is 1. The Hall–Kier alpha value is -2.68. The van der Waals surface area contributed by atoms with Gasteiger partial charge in [-0.25, -0.2) is 0 Å². The van der Waals surface area contributed by atoms with Crippen LogP contribution in [0.15, 0.2) is 78.9 Å². The Labute approximate surface area is 225 Å². The molecule has 4 aromatic rings. The largest absolute Gasteiger partial charge is 0.330 e. The van der Waals surface area contributed by atoms with E-state index in [0.29, 0.717) is 5.54 Å². The van der Waals surface area contributed by atoms with Crippen LogP contribution in [0.4, 0.5) is 0 Å². The molecule has 0 unspecified atom stereocenters. The second-order valence-electron chi connectivity index (χ2n) is 13.7. The van der Waals surface area contributed by atoms with Crippen LogP contribution in [0.1, 0.15) is 87.9 Å². The van der Waals surface area contributed by atoms with E-state index in [4.69, 9.17) is 0 Å². The lowest BCUT2D eigenvalue weighted by Gasteiger charge is -2.36. The third-order valence-corrected chi connectivity index (χ3v) is 11.6. The molecule has 0 spiro atoms. The van der Waals surface area contributed by atoms with Gasteiger partial charge >= 0.3 is 0 Å². The van der Waals surface area contributed by atoms with Crippen LogP contribution in [0.3, 0.4) is 0 Å². The number of nitrogens with one attached hydrogen (secondary N) is 1. The van der Waals surface area contributed by atoms with E-state index in [-0.39, 0.29) is 16.9 Å². The van der Waals surface area contributed by atoms with Gasteiger partial charge in [0.05, 0.1) is 0 Å². The van der Waals surface area contributed by atoms with E-state index in [1.54, 1.807) is 0 Å². The van der Waals surface area contributed by atoms with Gasteiger partial charge in [0.1, 0.15) is 8.24 Å². The number of rotatable bonds is 4. The lowest BCUT2D eigenvalue weighted by Crippen LogP contribution is -2.51. The van der Waals surface area contributed by atoms with Gasteiger partial charge in [0.15, 0.2) is 0 Å². The Balaban J connectivity index is 1.61. The second kappa shape index (κ2) is 8.96. The SMILES string of the molecule is C[C@@H](N[Si](C)(C)C1c2ccc(C(C)(C)C)cc2-c2cc(C(C)(C)C)ccc21)c1cccc2ccccc12. The number of hydrogen-bond acceptors (Lipinski definition) is 1. The van der Waals surface area contributed by atoms with Crippen molar-refractivity contribution in [3.63, 3.8) is 0 Å². The van der Waals surface area contributed by atoms with E-state index in [2.05, 4.69) is 145 Å². The Morgan fingerprint density at radius 1 is 0.676 bits per heavy atom. The summed E-state index contributed by atoms with van der Waals surface area (Å²) in [6.45, 7) is 21.3. The minimum Gasteiger partial charge on any atom is -0.330 e. The molecule has 0 bridgehead atoms. The van der Waals surface area contributed by atoms with E-state index in [0.717, 1.165) is 0 Å². The van der Waals surface area contributed by atoms with Crippen molar-refractivity contribution >= 4 is 19.0 Å². The summed E-state index contributed by atoms with van der Waals surface area (Å²) in [4.78, 5) is 4.22. The van der Waals surface area contributed by atoms with E-state index in [1.807, 2.05) is 0 Å². The van der Waals surface area contributed by atoms with Crippen molar-refractivity contribution in [1.82, 2.24) is 4.98 Å². The molecule has 192 valence electrons. The molecule has 1 nitrogen and oxygen atoms in total. The number of benzene rings is 4. The van der Waals surface area contributed by atoms with Crippen LogP contribution >= 0.6 is 0 Å². The highest BCUT2D eigenvalue weighted by Crippen LogP contribution is 2.50. The Morgan fingerprint density at radius 3 is 1.73 bits per heavy atom. The molecule has 0 aromatic heterocycles. The summed E-state index contributed by atoms with van der Waals surface area (Å²) >= 11 is 0. The summed E-state index contributed by atoms with van der Waals surface area (Å²) in [5, 5.41) is 2.67. The van der Waals surface area contributed by atoms with E-state index in [1.165, 1.54) is 49.7 Å². The van der Waals surface area contributed by atoms with Crippen molar-refractivity contribution in [2.75, 3.05) is 0 Å². The van der Waals surface area contributed by atoms with E-state index < -0.39 is 8.24 Å². The molecule has 0 fully saturated rings. The smallest absolute Gasteiger partial charge is 0.131 e. The molecule has 1 atom stereocenters. The molecule has 1 aliphatic carbocycles. The van der Waals surface area contributed by atoms with Gasteiger partial charge in [-0.3, -0.25) is 0 Å². The highest BCUT2D eigenvalue weighted by molar-refractivity contribution is 6.77. The molecule has 4 aromatic carbocycles. The van der Waals surface area contributed by atoms with E-state index in [9.17, 15) is 0 Å². The highest BCUT2D eigenvalue weighted by Gasteiger charge is 2.42. The zero-order valence-corrected chi connectivity index (χ0v) is 25.2. The van der Waals surface area contributed by atoms with Crippen molar-refractivity contribution in [2.45, 2.75) is 84.0 Å². The molecule has 0 amide bonds. The molecule has 0 saturated carbocycles. The average molecular weight is 506 g/mol. The molecule has 37 heavy (non-hydrogen) atoms. The zero-order chi connectivity index (χ0) is 26.8. The first-order valence-electron chi connectivity index (χ1n) is 13.8. The third kappa shape index (κ3) is 4.71. The fourth-order valence-electron chi connectivity index (χ4n) is 6.31. The van der Waals surface area contributed by atoms with Gasteiger partial charge in [-0.2, -0.15) is 0 Å². The first-order chi connectivity index (χ1) is 17.3. The number of fused-ring (bicyclic) bond motifs is 4. The van der Waals surface area contributed by atoms with Crippen molar-refractivity contribution in [3.05, 3.63) is 107 Å². The first-order valence-corrected chi connectivity index (χ1v) is 16.9. The molecular formula is C35H43NSi. The molecule has 0 heterocycles. The molecule has 0 saturated heterocycles. The topological polar surface area (TPSA) is 12.0 Å². The summed E-state index contributed by atoms with van der Waals surface area (Å²) in [6.07, 6.45) is 0. The minimum atomic E-state index is -1.98. The monoisotopic (exact) mass is 505 g/mol. The van der Waals surface area contributed by atoms with Crippen LogP contribution in [0.2, 0.25) is 13.1 Å². The van der Waals surface area contributed by atoms with Gasteiger partial charge in [-0.05, 0) is 67.5 Å². The Morgan fingerprint density at radius 2 is 1.19 bits per heavy atom. The minimum absolute atomic E-state index is 0.128. The maximum absolute atomic E-state index is 4.22. The molecule has 5 rings (SSSR count). The third-order valence-electron chi connectivity index (χ3n) is 8.35. The molecule has 0 aliphatic heterocycles. The van der Waals surface area contributed by atoms with Crippen molar-refractivity contribution in [1.29, 1.82) is 0 Å². The summed E-state index contributed by atoms with van der Waals surface area (Å²) in [6, 6.07) is 30.4. The molecule has 0 radical (unpaired) electrons. The Kier molecular flexibility index (Phi) is 6.28. The maximum Gasteiger partial charge on any atom is 0.131 e. The van der Waals surface area contributed by atoms with Crippen LogP contribution in [0.5, 0.6) is 0 Å². The normalized spacial score (nSPS) is 15.1. The average Bonchev–Trinajstić information content (AvgIpc) is 3.16. The van der Waals surface area contributed by atoms with Crippen LogP contribution in [0, 0.1) is 0 Å². The van der Waals surface area contributed by atoms with Gasteiger partial charge in [0.25, 0.3) is 0 Å². The van der Waals surface area contributed by atoms with Crippen LogP contribution in [-0.4, -0.2) is 8.24 Å². The zero-order valence-electron chi connectivity index (χ0n) is 24.2. The predicted molar refractivity (Wildman–Crippen MR) is 164 cm³/mol. The maximum atomic E-state index is 4.22. The second-order valence-corrected chi connectivity index (χ2v) is 18.0. The van der Waals surface area contributed by atoms with Crippen molar-refractivity contribution in [3.8, 4) is 11.1 Å². The Bertz CT molecular complexity index is 1400. The standard InChI is InChI=1S/C35H43NSi/c1-23(27-16-12-14-24-13-10-11-15-28(24)27)36-37(8,9)33-29-19-17-25(34(2,3)4)21-31(29)32-22-26(35(5,6)7)18-20-30(32)33/h10-23,33,36H,1-9H3/t23-/m1/s1. The van der Waals surface area contributed by atoms with Gasteiger partial charge < -0.3 is 4.98 Å². The van der Waals surface area contributed by atoms with Crippen LogP contribution in [-0.2, 0) is 10.8 Å². The first kappa shape index (κ1) is 25.9. The summed E-state index contributed by atoms with van der Waals surface area (Å²) in [5.41, 5.74) is 10.8. The van der Waals surface area contributed by atoms with E-state index >= 15 is 0 Å². The predicted octanol–water partition coefficient (Wildman–Crippen LogP) is 9.64. The van der Waals surface area contributed by atoms with Gasteiger partial charge in [-0.1, -0.05) is 133 Å². The van der Waals surface area contributed by atoms with Crippen molar-refractivity contribution in [2.24, 2.45) is 0 Å². The summed E-state index contributed by atoms with van der Waals surface area (Å²) in [7, 11) is -1.98. The van der Waals surface area contributed by atoms with Gasteiger partial charge in [0.2, 0.25) is 0 Å². The fraction of sp³-hybridized carbons (Fsp3) is 0.371.